The average molecular weight is 239 g/mol. The van der Waals surface area contributed by atoms with Crippen molar-refractivity contribution in [3.63, 3.8) is 0 Å². The Morgan fingerprint density at radius 2 is 2.12 bits per heavy atom. The van der Waals surface area contributed by atoms with Crippen LogP contribution in [0.4, 0.5) is 5.69 Å². The van der Waals surface area contributed by atoms with Gasteiger partial charge in [0, 0.05) is 17.5 Å². The van der Waals surface area contributed by atoms with E-state index < -0.39 is 0 Å². The van der Waals surface area contributed by atoms with Gasteiger partial charge in [-0.15, -0.1) is 0 Å². The zero-order valence-corrected chi connectivity index (χ0v) is 11.1. The van der Waals surface area contributed by atoms with Crippen molar-refractivity contribution in [3.05, 3.63) is 23.8 Å². The summed E-state index contributed by atoms with van der Waals surface area (Å²) in [6.07, 6.45) is 1.24. The van der Waals surface area contributed by atoms with Crippen LogP contribution in [0, 0.1) is 5.92 Å². The summed E-state index contributed by atoms with van der Waals surface area (Å²) < 4.78 is 5.20. The summed E-state index contributed by atoms with van der Waals surface area (Å²) in [5.74, 6) is 3.84. The summed E-state index contributed by atoms with van der Waals surface area (Å²) in [4.78, 5) is 0. The van der Waals surface area contributed by atoms with E-state index in [1.807, 2.05) is 23.9 Å². The predicted octanol–water partition coefficient (Wildman–Crippen LogP) is 3.56. The monoisotopic (exact) mass is 239 g/mol. The van der Waals surface area contributed by atoms with Crippen molar-refractivity contribution in [3.8, 4) is 5.75 Å². The first-order chi connectivity index (χ1) is 7.65. The summed E-state index contributed by atoms with van der Waals surface area (Å²) >= 11 is 1.96. The summed E-state index contributed by atoms with van der Waals surface area (Å²) in [6.45, 7) is 4.52. The van der Waals surface area contributed by atoms with Crippen LogP contribution < -0.4 is 10.5 Å². The maximum Gasteiger partial charge on any atom is 0.121 e. The van der Waals surface area contributed by atoms with Crippen LogP contribution in [0.1, 0.15) is 25.8 Å². The first-order valence-corrected chi connectivity index (χ1v) is 6.82. The lowest BCUT2D eigenvalue weighted by atomic mass is 10.2. The molecule has 1 aromatic rings. The summed E-state index contributed by atoms with van der Waals surface area (Å²) in [7, 11) is 1.67. The smallest absolute Gasteiger partial charge is 0.121 e. The molecule has 0 aliphatic rings. The molecule has 0 aromatic heterocycles. The average Bonchev–Trinajstić information content (AvgIpc) is 2.28. The van der Waals surface area contributed by atoms with Crippen LogP contribution in [0.3, 0.4) is 0 Å². The number of benzene rings is 1. The number of thioether (sulfide) groups is 1. The van der Waals surface area contributed by atoms with Crippen LogP contribution in [0.2, 0.25) is 0 Å². The fourth-order valence-corrected chi connectivity index (χ4v) is 2.54. The van der Waals surface area contributed by atoms with E-state index >= 15 is 0 Å². The topological polar surface area (TPSA) is 35.2 Å². The summed E-state index contributed by atoms with van der Waals surface area (Å²) in [5.41, 5.74) is 7.82. The number of methoxy groups -OCH3 is 1. The molecule has 0 fully saturated rings. The van der Waals surface area contributed by atoms with E-state index in [0.29, 0.717) is 0 Å². The molecule has 16 heavy (non-hydrogen) atoms. The highest BCUT2D eigenvalue weighted by molar-refractivity contribution is 7.98. The predicted molar refractivity (Wildman–Crippen MR) is 73.0 cm³/mol. The number of hydrogen-bond donors (Lipinski definition) is 1. The van der Waals surface area contributed by atoms with Crippen molar-refractivity contribution in [2.45, 2.75) is 26.0 Å². The fraction of sp³-hybridized carbons (Fsp3) is 0.538. The quantitative estimate of drug-likeness (QED) is 0.771. The highest BCUT2D eigenvalue weighted by Gasteiger charge is 2.02. The lowest BCUT2D eigenvalue weighted by Gasteiger charge is -2.09. The Hall–Kier alpha value is -0.830. The van der Waals surface area contributed by atoms with Crippen molar-refractivity contribution < 1.29 is 4.74 Å². The van der Waals surface area contributed by atoms with Gasteiger partial charge in [-0.2, -0.15) is 11.8 Å². The molecule has 1 rings (SSSR count). The van der Waals surface area contributed by atoms with E-state index in [2.05, 4.69) is 19.9 Å². The standard InChI is InChI=1S/C13H21NOS/c1-4-10(2)8-16-9-11-5-12(14)7-13(6-11)15-3/h5-7,10H,4,8-9,14H2,1-3H3. The molecule has 0 bridgehead atoms. The molecule has 0 saturated heterocycles. The van der Waals surface area contributed by atoms with Crippen molar-refractivity contribution in [1.29, 1.82) is 0 Å². The van der Waals surface area contributed by atoms with Crippen LogP contribution in [0.25, 0.3) is 0 Å². The normalized spacial score (nSPS) is 12.4. The Kier molecular flexibility index (Phi) is 5.53. The maximum absolute atomic E-state index is 5.80. The van der Waals surface area contributed by atoms with Crippen molar-refractivity contribution in [2.75, 3.05) is 18.6 Å². The van der Waals surface area contributed by atoms with Crippen LogP contribution >= 0.6 is 11.8 Å². The first-order valence-electron chi connectivity index (χ1n) is 5.66. The Bertz CT molecular complexity index is 328. The van der Waals surface area contributed by atoms with E-state index in [-0.39, 0.29) is 0 Å². The summed E-state index contributed by atoms with van der Waals surface area (Å²) in [6, 6.07) is 5.93. The van der Waals surface area contributed by atoms with Gasteiger partial charge in [-0.3, -0.25) is 0 Å². The lowest BCUT2D eigenvalue weighted by molar-refractivity contribution is 0.414. The van der Waals surface area contributed by atoms with Crippen molar-refractivity contribution >= 4 is 17.4 Å². The molecule has 3 heteroatoms. The third-order valence-electron chi connectivity index (χ3n) is 2.59. The van der Waals surface area contributed by atoms with Gasteiger partial charge in [-0.05, 0) is 29.4 Å². The number of nitrogen functional groups attached to an aromatic ring is 1. The van der Waals surface area contributed by atoms with Crippen LogP contribution in [0.15, 0.2) is 18.2 Å². The molecule has 1 atom stereocenters. The van der Waals surface area contributed by atoms with E-state index in [0.717, 1.165) is 23.1 Å². The number of hydrogen-bond acceptors (Lipinski definition) is 3. The van der Waals surface area contributed by atoms with Gasteiger partial charge < -0.3 is 10.5 Å². The molecular weight excluding hydrogens is 218 g/mol. The van der Waals surface area contributed by atoms with Gasteiger partial charge >= 0.3 is 0 Å². The van der Waals surface area contributed by atoms with Gasteiger partial charge in [0.1, 0.15) is 5.75 Å². The Morgan fingerprint density at radius 1 is 1.38 bits per heavy atom. The molecule has 0 heterocycles. The highest BCUT2D eigenvalue weighted by Crippen LogP contribution is 2.23. The third kappa shape index (κ3) is 4.35. The van der Waals surface area contributed by atoms with E-state index in [1.165, 1.54) is 17.7 Å². The minimum absolute atomic E-state index is 0.776. The molecule has 1 unspecified atom stereocenters. The van der Waals surface area contributed by atoms with E-state index in [4.69, 9.17) is 10.5 Å². The minimum Gasteiger partial charge on any atom is -0.497 e. The second-order valence-corrected chi connectivity index (χ2v) is 5.17. The number of rotatable bonds is 6. The zero-order chi connectivity index (χ0) is 12.0. The van der Waals surface area contributed by atoms with Gasteiger partial charge in [0.2, 0.25) is 0 Å². The number of anilines is 1. The molecule has 0 radical (unpaired) electrons. The molecule has 0 spiro atoms. The highest BCUT2D eigenvalue weighted by atomic mass is 32.2. The molecule has 0 saturated carbocycles. The molecule has 0 aliphatic heterocycles. The molecular formula is C13H21NOS. The fourth-order valence-electron chi connectivity index (χ4n) is 1.38. The van der Waals surface area contributed by atoms with Gasteiger partial charge in [-0.25, -0.2) is 0 Å². The lowest BCUT2D eigenvalue weighted by Crippen LogP contribution is -1.97. The summed E-state index contributed by atoms with van der Waals surface area (Å²) in [5, 5.41) is 0. The second kappa shape index (κ2) is 6.69. The van der Waals surface area contributed by atoms with E-state index in [9.17, 15) is 0 Å². The molecule has 0 aliphatic carbocycles. The number of ether oxygens (including phenoxy) is 1. The third-order valence-corrected chi connectivity index (χ3v) is 3.93. The van der Waals surface area contributed by atoms with Gasteiger partial charge in [-0.1, -0.05) is 20.3 Å². The van der Waals surface area contributed by atoms with E-state index in [1.54, 1.807) is 7.11 Å². The zero-order valence-electron chi connectivity index (χ0n) is 10.3. The second-order valence-electron chi connectivity index (χ2n) is 4.14. The molecule has 90 valence electrons. The van der Waals surface area contributed by atoms with Crippen LogP contribution in [-0.2, 0) is 5.75 Å². The molecule has 2 nitrogen and oxygen atoms in total. The number of nitrogens with two attached hydrogens (primary N) is 1. The van der Waals surface area contributed by atoms with Crippen LogP contribution in [-0.4, -0.2) is 12.9 Å². The van der Waals surface area contributed by atoms with Gasteiger partial charge in [0.05, 0.1) is 7.11 Å². The molecule has 2 N–H and O–H groups in total. The molecule has 1 aromatic carbocycles. The van der Waals surface area contributed by atoms with Gasteiger partial charge in [0.15, 0.2) is 0 Å². The maximum atomic E-state index is 5.80. The molecule has 0 amide bonds. The first kappa shape index (κ1) is 13.2. The van der Waals surface area contributed by atoms with Crippen molar-refractivity contribution in [2.24, 2.45) is 5.92 Å². The largest absolute Gasteiger partial charge is 0.497 e. The van der Waals surface area contributed by atoms with Crippen molar-refractivity contribution in [1.82, 2.24) is 0 Å². The Morgan fingerprint density at radius 3 is 2.75 bits per heavy atom. The van der Waals surface area contributed by atoms with Crippen LogP contribution in [0.5, 0.6) is 5.75 Å². The Labute approximate surface area is 103 Å². The Balaban J connectivity index is 2.50. The SMILES string of the molecule is CCC(C)CSCc1cc(N)cc(OC)c1. The minimum atomic E-state index is 0.776. The van der Waals surface area contributed by atoms with Gasteiger partial charge in [0.25, 0.3) is 0 Å².